The highest BCUT2D eigenvalue weighted by molar-refractivity contribution is 5.80. The second-order valence-corrected chi connectivity index (χ2v) is 4.66. The molecule has 0 spiro atoms. The second-order valence-electron chi connectivity index (χ2n) is 4.66. The Morgan fingerprint density at radius 3 is 2.82 bits per heavy atom. The van der Waals surface area contributed by atoms with Crippen molar-refractivity contribution in [2.45, 2.75) is 0 Å². The molecule has 22 heavy (non-hydrogen) atoms. The average molecular weight is 293 g/mol. The van der Waals surface area contributed by atoms with Gasteiger partial charge in [-0.05, 0) is 24.3 Å². The van der Waals surface area contributed by atoms with E-state index >= 15 is 0 Å². The first-order chi connectivity index (χ1) is 10.7. The van der Waals surface area contributed by atoms with E-state index in [0.717, 1.165) is 22.3 Å². The van der Waals surface area contributed by atoms with E-state index in [1.165, 1.54) is 0 Å². The third-order valence-electron chi connectivity index (χ3n) is 3.15. The van der Waals surface area contributed by atoms with Crippen LogP contribution in [0.25, 0.3) is 16.6 Å². The van der Waals surface area contributed by atoms with E-state index in [-0.39, 0.29) is 5.95 Å². The quantitative estimate of drug-likeness (QED) is 0.769. The summed E-state index contributed by atoms with van der Waals surface area (Å²) in [5.41, 5.74) is 7.81. The Labute approximate surface area is 127 Å². The molecule has 0 radical (unpaired) electrons. The van der Waals surface area contributed by atoms with Gasteiger partial charge in [0.25, 0.3) is 0 Å². The van der Waals surface area contributed by atoms with Gasteiger partial charge in [0.1, 0.15) is 11.5 Å². The fourth-order valence-electron chi connectivity index (χ4n) is 1.99. The van der Waals surface area contributed by atoms with Crippen LogP contribution in [0.2, 0.25) is 0 Å². The number of hydrogen-bond donors (Lipinski definition) is 2. The van der Waals surface area contributed by atoms with Gasteiger partial charge in [-0.25, -0.2) is 9.97 Å². The van der Waals surface area contributed by atoms with Gasteiger partial charge in [-0.1, -0.05) is 6.58 Å². The van der Waals surface area contributed by atoms with Crippen molar-refractivity contribution in [3.8, 4) is 11.5 Å². The summed E-state index contributed by atoms with van der Waals surface area (Å²) < 4.78 is 5.86. The fourth-order valence-corrected chi connectivity index (χ4v) is 1.99. The van der Waals surface area contributed by atoms with Crippen molar-refractivity contribution >= 4 is 22.5 Å². The summed E-state index contributed by atoms with van der Waals surface area (Å²) in [5, 5.41) is 3.82. The minimum Gasteiger partial charge on any atom is -0.457 e. The van der Waals surface area contributed by atoms with Crippen molar-refractivity contribution in [1.82, 2.24) is 20.3 Å². The summed E-state index contributed by atoms with van der Waals surface area (Å²) in [4.78, 5) is 12.4. The van der Waals surface area contributed by atoms with Crippen molar-refractivity contribution in [3.63, 3.8) is 0 Å². The summed E-state index contributed by atoms with van der Waals surface area (Å²) in [6.45, 7) is 3.88. The number of nitrogens with two attached hydrogens (primary N) is 1. The highest BCUT2D eigenvalue weighted by atomic mass is 16.5. The first-order valence-corrected chi connectivity index (χ1v) is 6.69. The molecule has 2 aromatic heterocycles. The smallest absolute Gasteiger partial charge is 0.220 e. The van der Waals surface area contributed by atoms with Crippen LogP contribution in [0.4, 0.5) is 5.95 Å². The van der Waals surface area contributed by atoms with Crippen molar-refractivity contribution in [2.24, 2.45) is 0 Å². The molecular formula is C16H15N5O. The number of nitrogen functional groups attached to an aromatic ring is 1. The highest BCUT2D eigenvalue weighted by Gasteiger charge is 2.04. The summed E-state index contributed by atoms with van der Waals surface area (Å²) >= 11 is 0. The zero-order valence-electron chi connectivity index (χ0n) is 12.1. The molecule has 0 unspecified atom stereocenters. The van der Waals surface area contributed by atoms with Crippen LogP contribution in [0.1, 0.15) is 5.69 Å². The van der Waals surface area contributed by atoms with Crippen molar-refractivity contribution in [1.29, 1.82) is 0 Å². The number of aromatic nitrogens is 3. The molecule has 3 N–H and O–H groups in total. The van der Waals surface area contributed by atoms with Gasteiger partial charge in [0.2, 0.25) is 5.95 Å². The van der Waals surface area contributed by atoms with E-state index in [0.29, 0.717) is 11.5 Å². The van der Waals surface area contributed by atoms with E-state index in [4.69, 9.17) is 10.5 Å². The molecule has 6 nitrogen and oxygen atoms in total. The van der Waals surface area contributed by atoms with Gasteiger partial charge >= 0.3 is 0 Å². The van der Waals surface area contributed by atoms with Crippen LogP contribution < -0.4 is 15.8 Å². The molecule has 0 fully saturated rings. The minimum absolute atomic E-state index is 0.255. The Morgan fingerprint density at radius 2 is 2.00 bits per heavy atom. The normalized spacial score (nSPS) is 10.4. The number of fused-ring (bicyclic) bond motifs is 1. The Bertz CT molecular complexity index is 847. The third kappa shape index (κ3) is 2.80. The summed E-state index contributed by atoms with van der Waals surface area (Å²) in [6, 6.07) is 9.15. The molecule has 0 atom stereocenters. The topological polar surface area (TPSA) is 86.0 Å². The van der Waals surface area contributed by atoms with E-state index in [9.17, 15) is 0 Å². The number of ether oxygens (including phenoxy) is 1. The maximum atomic E-state index is 5.86. The van der Waals surface area contributed by atoms with Gasteiger partial charge < -0.3 is 15.8 Å². The number of rotatable bonds is 4. The first kappa shape index (κ1) is 13.8. The minimum atomic E-state index is 0.255. The number of anilines is 1. The van der Waals surface area contributed by atoms with E-state index in [2.05, 4.69) is 26.8 Å². The number of nitrogens with zero attached hydrogens (tertiary/aromatic N) is 3. The molecule has 3 aromatic rings. The molecule has 2 heterocycles. The predicted octanol–water partition coefficient (Wildman–Crippen LogP) is 2.59. The van der Waals surface area contributed by atoms with E-state index in [1.807, 2.05) is 24.3 Å². The molecule has 1 aromatic carbocycles. The number of pyridine rings is 1. The van der Waals surface area contributed by atoms with Crippen LogP contribution in [0.15, 0.2) is 49.3 Å². The van der Waals surface area contributed by atoms with Crippen molar-refractivity contribution in [2.75, 3.05) is 12.8 Å². The standard InChI is InChI=1S/C16H15N5O/c1-10(18-2)15-8-13(5-6-19-15)22-12-3-4-14-11(7-12)9-20-16(17)21-14/h3-9,18H,1H2,2H3,(H2,17,20,21). The molecule has 0 saturated heterocycles. The van der Waals surface area contributed by atoms with Gasteiger partial charge in [0, 0.05) is 30.9 Å². The van der Waals surface area contributed by atoms with Gasteiger partial charge in [-0.15, -0.1) is 0 Å². The Hall–Kier alpha value is -3.15. The maximum Gasteiger partial charge on any atom is 0.220 e. The van der Waals surface area contributed by atoms with Crippen LogP contribution in [-0.2, 0) is 0 Å². The van der Waals surface area contributed by atoms with E-state index in [1.54, 1.807) is 25.5 Å². The summed E-state index contributed by atoms with van der Waals surface area (Å²) in [5.74, 6) is 1.62. The Morgan fingerprint density at radius 1 is 1.18 bits per heavy atom. The van der Waals surface area contributed by atoms with Crippen molar-refractivity contribution < 1.29 is 4.74 Å². The largest absolute Gasteiger partial charge is 0.457 e. The molecule has 110 valence electrons. The summed E-state index contributed by atoms with van der Waals surface area (Å²) in [7, 11) is 1.80. The maximum absolute atomic E-state index is 5.86. The SMILES string of the molecule is C=C(NC)c1cc(Oc2ccc3nc(N)ncc3c2)ccn1. The first-order valence-electron chi connectivity index (χ1n) is 6.69. The number of nitrogens with one attached hydrogen (secondary N) is 1. The molecular weight excluding hydrogens is 278 g/mol. The van der Waals surface area contributed by atoms with Gasteiger partial charge in [-0.2, -0.15) is 0 Å². The zero-order valence-corrected chi connectivity index (χ0v) is 12.1. The lowest BCUT2D eigenvalue weighted by atomic mass is 10.2. The Balaban J connectivity index is 1.89. The predicted molar refractivity (Wildman–Crippen MR) is 86.4 cm³/mol. The molecule has 3 rings (SSSR count). The average Bonchev–Trinajstić information content (AvgIpc) is 2.54. The number of benzene rings is 1. The lowest BCUT2D eigenvalue weighted by molar-refractivity contribution is 0.482. The second kappa shape index (κ2) is 5.69. The lowest BCUT2D eigenvalue weighted by Gasteiger charge is -2.09. The van der Waals surface area contributed by atoms with Crippen LogP contribution in [0.5, 0.6) is 11.5 Å². The van der Waals surface area contributed by atoms with Gasteiger partial charge in [0.05, 0.1) is 16.9 Å². The van der Waals surface area contributed by atoms with Gasteiger partial charge in [0.15, 0.2) is 0 Å². The van der Waals surface area contributed by atoms with Crippen LogP contribution in [-0.4, -0.2) is 22.0 Å². The van der Waals surface area contributed by atoms with E-state index < -0.39 is 0 Å². The van der Waals surface area contributed by atoms with Crippen molar-refractivity contribution in [3.05, 3.63) is 55.0 Å². The molecule has 6 heteroatoms. The monoisotopic (exact) mass is 293 g/mol. The number of hydrogen-bond acceptors (Lipinski definition) is 6. The van der Waals surface area contributed by atoms with Gasteiger partial charge in [-0.3, -0.25) is 4.98 Å². The highest BCUT2D eigenvalue weighted by Crippen LogP contribution is 2.25. The third-order valence-corrected chi connectivity index (χ3v) is 3.15. The summed E-state index contributed by atoms with van der Waals surface area (Å²) in [6.07, 6.45) is 3.35. The Kier molecular flexibility index (Phi) is 3.57. The zero-order chi connectivity index (χ0) is 15.5. The van der Waals surface area contributed by atoms with Crippen LogP contribution in [0.3, 0.4) is 0 Å². The molecule has 0 aliphatic rings. The molecule has 0 aliphatic carbocycles. The molecule has 0 amide bonds. The molecule has 0 saturated carbocycles. The lowest BCUT2D eigenvalue weighted by Crippen LogP contribution is -2.04. The van der Waals surface area contributed by atoms with Crippen LogP contribution >= 0.6 is 0 Å². The van der Waals surface area contributed by atoms with Crippen LogP contribution in [0, 0.1) is 0 Å². The molecule has 0 aliphatic heterocycles. The fraction of sp³-hybridized carbons (Fsp3) is 0.0625. The molecule has 0 bridgehead atoms.